The minimum atomic E-state index is 0.927. The van der Waals surface area contributed by atoms with E-state index in [1.807, 2.05) is 0 Å². The van der Waals surface area contributed by atoms with E-state index in [-0.39, 0.29) is 0 Å². The van der Waals surface area contributed by atoms with E-state index in [9.17, 15) is 0 Å². The molecule has 0 atom stereocenters. The van der Waals surface area contributed by atoms with Crippen LogP contribution in [0.1, 0.15) is 0 Å². The summed E-state index contributed by atoms with van der Waals surface area (Å²) in [6, 6.07) is 52.4. The Bertz CT molecular complexity index is 2380. The van der Waals surface area contributed by atoms with Crippen molar-refractivity contribution in [2.24, 2.45) is 0 Å². The fourth-order valence-electron chi connectivity index (χ4n) is 6.79. The van der Waals surface area contributed by atoms with Crippen molar-refractivity contribution in [3.63, 3.8) is 0 Å². The van der Waals surface area contributed by atoms with Gasteiger partial charge in [-0.05, 0) is 60.6 Å². The smallest absolute Gasteiger partial charge is 0.143 e. The molecule has 0 unspecified atom stereocenters. The molecule has 8 aromatic carbocycles. The van der Waals surface area contributed by atoms with Crippen molar-refractivity contribution < 1.29 is 4.42 Å². The molecule has 0 aliphatic heterocycles. The lowest BCUT2D eigenvalue weighted by Gasteiger charge is -2.15. The van der Waals surface area contributed by atoms with Crippen LogP contribution in [0.3, 0.4) is 0 Å². The Morgan fingerprint density at radius 3 is 1.59 bits per heavy atom. The lowest BCUT2D eigenvalue weighted by atomic mass is 9.87. The Hall–Kier alpha value is -5.40. The van der Waals surface area contributed by atoms with E-state index in [4.69, 9.17) is 4.42 Å². The predicted molar refractivity (Wildman–Crippen MR) is 174 cm³/mol. The Morgan fingerprint density at radius 2 is 0.854 bits per heavy atom. The molecule has 9 rings (SSSR count). The maximum absolute atomic E-state index is 6.91. The summed E-state index contributed by atoms with van der Waals surface area (Å²) < 4.78 is 6.91. The lowest BCUT2D eigenvalue weighted by molar-refractivity contribution is 0.671. The number of fused-ring (bicyclic) bond motifs is 3. The summed E-state index contributed by atoms with van der Waals surface area (Å²) in [7, 11) is 0. The first kappa shape index (κ1) is 22.4. The van der Waals surface area contributed by atoms with Crippen molar-refractivity contribution in [2.75, 3.05) is 0 Å². The van der Waals surface area contributed by atoms with Crippen molar-refractivity contribution in [1.29, 1.82) is 0 Å². The zero-order chi connectivity index (χ0) is 26.9. The molecule has 1 heterocycles. The average Bonchev–Trinajstić information content (AvgIpc) is 3.44. The highest BCUT2D eigenvalue weighted by atomic mass is 16.3. The average molecular weight is 521 g/mol. The van der Waals surface area contributed by atoms with Gasteiger partial charge in [0, 0.05) is 21.9 Å². The van der Waals surface area contributed by atoms with Crippen molar-refractivity contribution >= 4 is 54.3 Å². The second-order valence-electron chi connectivity index (χ2n) is 10.9. The summed E-state index contributed by atoms with van der Waals surface area (Å²) >= 11 is 0. The van der Waals surface area contributed by atoms with E-state index < -0.39 is 0 Å². The van der Waals surface area contributed by atoms with Gasteiger partial charge in [-0.1, -0.05) is 140 Å². The monoisotopic (exact) mass is 520 g/mol. The molecule has 0 saturated carbocycles. The second-order valence-corrected chi connectivity index (χ2v) is 10.9. The first-order valence-corrected chi connectivity index (χ1v) is 14.1. The van der Waals surface area contributed by atoms with E-state index in [0.717, 1.165) is 44.2 Å². The largest absolute Gasteiger partial charge is 0.455 e. The molecule has 0 saturated heterocycles. The Balaban J connectivity index is 1.43. The SMILES string of the molecule is c1ccc(-c2cccc3c2oc2c(-c4ccccc4)ccc(-c4ccc5ccc6cccc7ccc4c5c67)c23)cc1. The van der Waals surface area contributed by atoms with Crippen LogP contribution in [-0.2, 0) is 0 Å². The normalized spacial score (nSPS) is 11.9. The van der Waals surface area contributed by atoms with Gasteiger partial charge >= 0.3 is 0 Å². The van der Waals surface area contributed by atoms with E-state index in [1.165, 1.54) is 43.4 Å². The zero-order valence-electron chi connectivity index (χ0n) is 22.3. The zero-order valence-corrected chi connectivity index (χ0v) is 22.3. The van der Waals surface area contributed by atoms with E-state index in [2.05, 4.69) is 146 Å². The highest BCUT2D eigenvalue weighted by molar-refractivity contribution is 6.27. The fraction of sp³-hybridized carbons (Fsp3) is 0. The predicted octanol–water partition coefficient (Wildman–Crippen LogP) is 11.5. The molecule has 190 valence electrons. The molecule has 0 fully saturated rings. The number of rotatable bonds is 3. The lowest BCUT2D eigenvalue weighted by Crippen LogP contribution is -1.88. The Morgan fingerprint density at radius 1 is 0.293 bits per heavy atom. The van der Waals surface area contributed by atoms with Crippen LogP contribution >= 0.6 is 0 Å². The molecule has 41 heavy (non-hydrogen) atoms. The van der Waals surface area contributed by atoms with Gasteiger partial charge in [-0.25, -0.2) is 0 Å². The van der Waals surface area contributed by atoms with Crippen molar-refractivity contribution in [3.8, 4) is 33.4 Å². The molecule has 1 heteroatoms. The van der Waals surface area contributed by atoms with Crippen LogP contribution in [0.4, 0.5) is 0 Å². The molecule has 0 N–H and O–H groups in total. The summed E-state index contributed by atoms with van der Waals surface area (Å²) in [5, 5.41) is 10.1. The fourth-order valence-corrected chi connectivity index (χ4v) is 6.79. The van der Waals surface area contributed by atoms with Gasteiger partial charge in [0.15, 0.2) is 0 Å². The molecular formula is C40H24O. The van der Waals surface area contributed by atoms with Crippen molar-refractivity contribution in [1.82, 2.24) is 0 Å². The van der Waals surface area contributed by atoms with Crippen LogP contribution in [0.15, 0.2) is 150 Å². The van der Waals surface area contributed by atoms with Crippen LogP contribution < -0.4 is 0 Å². The van der Waals surface area contributed by atoms with Crippen LogP contribution in [0.2, 0.25) is 0 Å². The molecule has 1 aromatic heterocycles. The van der Waals surface area contributed by atoms with Gasteiger partial charge in [-0.15, -0.1) is 0 Å². The van der Waals surface area contributed by atoms with Gasteiger partial charge in [-0.3, -0.25) is 0 Å². The summed E-state index contributed by atoms with van der Waals surface area (Å²) in [4.78, 5) is 0. The highest BCUT2D eigenvalue weighted by Crippen LogP contribution is 2.47. The van der Waals surface area contributed by atoms with E-state index >= 15 is 0 Å². The third-order valence-corrected chi connectivity index (χ3v) is 8.63. The first-order chi connectivity index (χ1) is 20.3. The highest BCUT2D eigenvalue weighted by Gasteiger charge is 2.21. The van der Waals surface area contributed by atoms with Crippen LogP contribution in [-0.4, -0.2) is 0 Å². The van der Waals surface area contributed by atoms with Crippen LogP contribution in [0.5, 0.6) is 0 Å². The van der Waals surface area contributed by atoms with Crippen LogP contribution in [0.25, 0.3) is 87.6 Å². The van der Waals surface area contributed by atoms with Gasteiger partial charge in [0.2, 0.25) is 0 Å². The minimum Gasteiger partial charge on any atom is -0.455 e. The van der Waals surface area contributed by atoms with E-state index in [0.29, 0.717) is 0 Å². The summed E-state index contributed by atoms with van der Waals surface area (Å²) in [5.74, 6) is 0. The minimum absolute atomic E-state index is 0.927. The second kappa shape index (κ2) is 8.55. The van der Waals surface area contributed by atoms with E-state index in [1.54, 1.807) is 0 Å². The third-order valence-electron chi connectivity index (χ3n) is 8.63. The Labute approximate surface area is 237 Å². The molecule has 0 amide bonds. The van der Waals surface area contributed by atoms with Gasteiger partial charge in [-0.2, -0.15) is 0 Å². The van der Waals surface area contributed by atoms with Crippen LogP contribution in [0, 0.1) is 0 Å². The maximum Gasteiger partial charge on any atom is 0.143 e. The molecule has 0 bridgehead atoms. The third kappa shape index (κ3) is 3.24. The molecule has 0 aliphatic carbocycles. The molecular weight excluding hydrogens is 496 g/mol. The Kier molecular flexibility index (Phi) is 4.67. The quantitative estimate of drug-likeness (QED) is 0.211. The molecule has 0 aliphatic rings. The first-order valence-electron chi connectivity index (χ1n) is 14.1. The molecule has 9 aromatic rings. The number of para-hydroxylation sites is 1. The number of hydrogen-bond donors (Lipinski definition) is 0. The van der Waals surface area contributed by atoms with Gasteiger partial charge in [0.1, 0.15) is 11.2 Å². The number of benzene rings is 8. The van der Waals surface area contributed by atoms with Crippen molar-refractivity contribution in [2.45, 2.75) is 0 Å². The maximum atomic E-state index is 6.91. The van der Waals surface area contributed by atoms with Gasteiger partial charge in [0.05, 0.1) is 0 Å². The number of furan rings is 1. The molecule has 0 radical (unpaired) electrons. The standard InChI is InChI=1S/C40H24O/c1-3-9-25(10-4-1)30-15-8-16-35-38-34(24-23-31(40(38)41-39(30)35)26-11-5-2-6-12-26)32-21-19-29-18-17-27-13-7-14-28-20-22-33(32)37(29)36(27)28/h1-24H. The summed E-state index contributed by atoms with van der Waals surface area (Å²) in [6.45, 7) is 0. The summed E-state index contributed by atoms with van der Waals surface area (Å²) in [5.41, 5.74) is 8.81. The van der Waals surface area contributed by atoms with Gasteiger partial charge < -0.3 is 4.42 Å². The van der Waals surface area contributed by atoms with Crippen molar-refractivity contribution in [3.05, 3.63) is 146 Å². The topological polar surface area (TPSA) is 13.1 Å². The number of hydrogen-bond acceptors (Lipinski definition) is 1. The summed E-state index contributed by atoms with van der Waals surface area (Å²) in [6.07, 6.45) is 0. The van der Waals surface area contributed by atoms with Gasteiger partial charge in [0.25, 0.3) is 0 Å². The molecule has 0 spiro atoms. The molecule has 1 nitrogen and oxygen atoms in total.